The second-order valence-corrected chi connectivity index (χ2v) is 4.70. The standard InChI is InChI=1S/C16H20N2O2/c1-4-14-9-15(18(5-2)17-14)11-20-16-12(3)7-6-8-13(16)10-19/h6-10H,4-5,11H2,1-3H3. The monoisotopic (exact) mass is 272 g/mol. The zero-order valence-corrected chi connectivity index (χ0v) is 12.2. The van der Waals surface area contributed by atoms with Crippen LogP contribution in [0.1, 0.15) is 41.2 Å². The van der Waals surface area contributed by atoms with Gasteiger partial charge in [0.2, 0.25) is 0 Å². The van der Waals surface area contributed by atoms with Gasteiger partial charge < -0.3 is 4.74 Å². The summed E-state index contributed by atoms with van der Waals surface area (Å²) in [7, 11) is 0. The van der Waals surface area contributed by atoms with Crippen LogP contribution in [0, 0.1) is 6.92 Å². The van der Waals surface area contributed by atoms with Crippen molar-refractivity contribution in [2.45, 2.75) is 40.3 Å². The molecular weight excluding hydrogens is 252 g/mol. The number of nitrogens with zero attached hydrogens (tertiary/aromatic N) is 2. The fourth-order valence-corrected chi connectivity index (χ4v) is 2.19. The molecule has 0 saturated heterocycles. The third-order valence-corrected chi connectivity index (χ3v) is 3.31. The Labute approximate surface area is 119 Å². The predicted octanol–water partition coefficient (Wildman–Crippen LogP) is 3.17. The van der Waals surface area contributed by atoms with Crippen molar-refractivity contribution in [3.63, 3.8) is 0 Å². The lowest BCUT2D eigenvalue weighted by molar-refractivity contribution is 0.111. The topological polar surface area (TPSA) is 44.1 Å². The molecule has 0 N–H and O–H groups in total. The molecule has 0 fully saturated rings. The Hall–Kier alpha value is -2.10. The fraction of sp³-hybridized carbons (Fsp3) is 0.375. The average molecular weight is 272 g/mol. The van der Waals surface area contributed by atoms with Crippen molar-refractivity contribution in [2.75, 3.05) is 0 Å². The summed E-state index contributed by atoms with van der Waals surface area (Å²) in [6, 6.07) is 7.63. The van der Waals surface area contributed by atoms with E-state index in [1.165, 1.54) is 0 Å². The Bertz CT molecular complexity index is 603. The maximum atomic E-state index is 11.1. The molecule has 106 valence electrons. The van der Waals surface area contributed by atoms with Crippen molar-refractivity contribution in [2.24, 2.45) is 0 Å². The SMILES string of the molecule is CCc1cc(COc2c(C)cccc2C=O)n(CC)n1. The molecule has 0 aliphatic rings. The summed E-state index contributed by atoms with van der Waals surface area (Å²) in [5.41, 5.74) is 3.64. The van der Waals surface area contributed by atoms with E-state index < -0.39 is 0 Å². The summed E-state index contributed by atoms with van der Waals surface area (Å²) in [5, 5.41) is 4.49. The first kappa shape index (κ1) is 14.3. The number of ether oxygens (including phenoxy) is 1. The molecule has 0 bridgehead atoms. The van der Waals surface area contributed by atoms with Crippen molar-refractivity contribution < 1.29 is 9.53 Å². The van der Waals surface area contributed by atoms with Crippen LogP contribution in [0.5, 0.6) is 5.75 Å². The molecule has 2 rings (SSSR count). The van der Waals surface area contributed by atoms with Gasteiger partial charge in [-0.15, -0.1) is 0 Å². The Morgan fingerprint density at radius 3 is 2.80 bits per heavy atom. The van der Waals surface area contributed by atoms with E-state index in [9.17, 15) is 4.79 Å². The van der Waals surface area contributed by atoms with Gasteiger partial charge in [0.1, 0.15) is 12.4 Å². The van der Waals surface area contributed by atoms with Gasteiger partial charge in [-0.05, 0) is 38.0 Å². The second-order valence-electron chi connectivity index (χ2n) is 4.70. The zero-order valence-electron chi connectivity index (χ0n) is 12.2. The van der Waals surface area contributed by atoms with Gasteiger partial charge in [-0.1, -0.05) is 19.1 Å². The number of hydrogen-bond acceptors (Lipinski definition) is 3. The number of aldehydes is 1. The highest BCUT2D eigenvalue weighted by molar-refractivity contribution is 5.80. The number of para-hydroxylation sites is 1. The molecule has 4 nitrogen and oxygen atoms in total. The highest BCUT2D eigenvalue weighted by Crippen LogP contribution is 2.23. The van der Waals surface area contributed by atoms with Crippen LogP contribution in [0.4, 0.5) is 0 Å². The number of aryl methyl sites for hydroxylation is 3. The molecule has 0 amide bonds. The Kier molecular flexibility index (Phi) is 4.56. The highest BCUT2D eigenvalue weighted by atomic mass is 16.5. The third-order valence-electron chi connectivity index (χ3n) is 3.31. The maximum absolute atomic E-state index is 11.1. The van der Waals surface area contributed by atoms with Gasteiger partial charge >= 0.3 is 0 Å². The maximum Gasteiger partial charge on any atom is 0.153 e. The molecule has 0 unspecified atom stereocenters. The first-order valence-corrected chi connectivity index (χ1v) is 6.92. The van der Waals surface area contributed by atoms with E-state index >= 15 is 0 Å². The summed E-state index contributed by atoms with van der Waals surface area (Å²) in [5.74, 6) is 0.657. The minimum atomic E-state index is 0.423. The minimum Gasteiger partial charge on any atom is -0.486 e. The minimum absolute atomic E-state index is 0.423. The van der Waals surface area contributed by atoms with Crippen molar-refractivity contribution in [1.29, 1.82) is 0 Å². The van der Waals surface area contributed by atoms with Crippen molar-refractivity contribution >= 4 is 6.29 Å². The highest BCUT2D eigenvalue weighted by Gasteiger charge is 2.10. The van der Waals surface area contributed by atoms with Gasteiger partial charge in [-0.3, -0.25) is 9.48 Å². The summed E-state index contributed by atoms with van der Waals surface area (Å²) in [6.07, 6.45) is 1.74. The van der Waals surface area contributed by atoms with E-state index in [1.54, 1.807) is 6.07 Å². The second kappa shape index (κ2) is 6.37. The molecule has 0 spiro atoms. The Balaban J connectivity index is 2.20. The van der Waals surface area contributed by atoms with Crippen LogP contribution in [-0.2, 0) is 19.6 Å². The summed E-state index contributed by atoms with van der Waals surface area (Å²) in [6.45, 7) is 7.32. The molecule has 0 atom stereocenters. The number of aromatic nitrogens is 2. The molecular formula is C16H20N2O2. The largest absolute Gasteiger partial charge is 0.486 e. The number of carbonyl (C=O) groups is 1. The normalized spacial score (nSPS) is 10.6. The zero-order chi connectivity index (χ0) is 14.5. The van der Waals surface area contributed by atoms with Crippen molar-refractivity contribution in [3.05, 3.63) is 46.8 Å². The van der Waals surface area contributed by atoms with Crippen LogP contribution in [0.3, 0.4) is 0 Å². The van der Waals surface area contributed by atoms with Crippen LogP contribution >= 0.6 is 0 Å². The Morgan fingerprint density at radius 2 is 2.15 bits per heavy atom. The van der Waals surface area contributed by atoms with Crippen molar-refractivity contribution in [3.8, 4) is 5.75 Å². The smallest absolute Gasteiger partial charge is 0.153 e. The van der Waals surface area contributed by atoms with Gasteiger partial charge in [-0.25, -0.2) is 0 Å². The van der Waals surface area contributed by atoms with Gasteiger partial charge in [0.15, 0.2) is 6.29 Å². The van der Waals surface area contributed by atoms with Crippen LogP contribution in [0.25, 0.3) is 0 Å². The van der Waals surface area contributed by atoms with Crippen molar-refractivity contribution in [1.82, 2.24) is 9.78 Å². The van der Waals surface area contributed by atoms with Gasteiger partial charge in [-0.2, -0.15) is 5.10 Å². The number of carbonyl (C=O) groups excluding carboxylic acids is 1. The molecule has 0 radical (unpaired) electrons. The number of rotatable bonds is 6. The average Bonchev–Trinajstić information content (AvgIpc) is 2.88. The Morgan fingerprint density at radius 1 is 1.35 bits per heavy atom. The van der Waals surface area contributed by atoms with Crippen LogP contribution in [0.2, 0.25) is 0 Å². The quantitative estimate of drug-likeness (QED) is 0.759. The molecule has 0 aliphatic carbocycles. The summed E-state index contributed by atoms with van der Waals surface area (Å²) in [4.78, 5) is 11.1. The van der Waals surface area contributed by atoms with E-state index in [2.05, 4.69) is 25.0 Å². The molecule has 2 aromatic rings. The van der Waals surface area contributed by atoms with E-state index in [4.69, 9.17) is 4.74 Å². The molecule has 1 aromatic carbocycles. The van der Waals surface area contributed by atoms with Crippen LogP contribution in [0.15, 0.2) is 24.3 Å². The molecule has 1 heterocycles. The van der Waals surface area contributed by atoms with Gasteiger partial charge in [0.05, 0.1) is 17.0 Å². The lowest BCUT2D eigenvalue weighted by Crippen LogP contribution is -2.07. The summed E-state index contributed by atoms with van der Waals surface area (Å²) < 4.78 is 7.80. The first-order valence-electron chi connectivity index (χ1n) is 6.92. The van der Waals surface area contributed by atoms with E-state index in [0.29, 0.717) is 17.9 Å². The van der Waals surface area contributed by atoms with E-state index in [-0.39, 0.29) is 0 Å². The lowest BCUT2D eigenvalue weighted by atomic mass is 10.1. The van der Waals surface area contributed by atoms with Crippen LogP contribution in [-0.4, -0.2) is 16.1 Å². The fourth-order valence-electron chi connectivity index (χ4n) is 2.19. The predicted molar refractivity (Wildman–Crippen MR) is 78.2 cm³/mol. The molecule has 0 saturated carbocycles. The molecule has 4 heteroatoms. The van der Waals surface area contributed by atoms with Gasteiger partial charge in [0, 0.05) is 6.54 Å². The van der Waals surface area contributed by atoms with E-state index in [0.717, 1.165) is 36.2 Å². The lowest BCUT2D eigenvalue weighted by Gasteiger charge is -2.11. The van der Waals surface area contributed by atoms with Gasteiger partial charge in [0.25, 0.3) is 0 Å². The summed E-state index contributed by atoms with van der Waals surface area (Å²) >= 11 is 0. The van der Waals surface area contributed by atoms with Crippen LogP contribution < -0.4 is 4.74 Å². The number of hydrogen-bond donors (Lipinski definition) is 0. The third kappa shape index (κ3) is 2.90. The number of benzene rings is 1. The van der Waals surface area contributed by atoms with E-state index in [1.807, 2.05) is 23.7 Å². The molecule has 20 heavy (non-hydrogen) atoms. The first-order chi connectivity index (χ1) is 9.69. The molecule has 1 aromatic heterocycles. The molecule has 0 aliphatic heterocycles.